The Hall–Kier alpha value is -0.700. The molecule has 1 rings (SSSR count). The molecule has 16 heavy (non-hydrogen) atoms. The number of nitrogens with two attached hydrogens (primary N) is 1. The molecule has 0 heterocycles. The summed E-state index contributed by atoms with van der Waals surface area (Å²) in [7, 11) is 0. The third-order valence-corrected chi connectivity index (χ3v) is 3.75. The summed E-state index contributed by atoms with van der Waals surface area (Å²) in [5.74, 6) is 0.741. The molecule has 1 aromatic rings. The molecule has 0 saturated heterocycles. The van der Waals surface area contributed by atoms with Crippen LogP contribution in [0, 0.1) is 12.8 Å². The van der Waals surface area contributed by atoms with E-state index in [9.17, 15) is 0 Å². The third kappa shape index (κ3) is 3.41. The number of nitrogens with one attached hydrogen (secondary N) is 1. The Morgan fingerprint density at radius 1 is 1.31 bits per heavy atom. The molecule has 0 spiro atoms. The van der Waals surface area contributed by atoms with Crippen LogP contribution in [0.15, 0.2) is 16.6 Å². The summed E-state index contributed by atoms with van der Waals surface area (Å²) in [6.07, 6.45) is 2.43. The Bertz CT molecular complexity index is 346. The van der Waals surface area contributed by atoms with Gasteiger partial charge in [-0.2, -0.15) is 0 Å². The minimum Gasteiger partial charge on any atom is -0.398 e. The fraction of sp³-hybridized carbons (Fsp3) is 0.538. The number of aryl methyl sites for hydroxylation is 1. The monoisotopic (exact) mass is 284 g/mol. The highest BCUT2D eigenvalue weighted by molar-refractivity contribution is 9.10. The molecule has 90 valence electrons. The van der Waals surface area contributed by atoms with Crippen LogP contribution in [0.4, 0.5) is 11.4 Å². The van der Waals surface area contributed by atoms with Crippen LogP contribution in [0.3, 0.4) is 0 Å². The van der Waals surface area contributed by atoms with Gasteiger partial charge in [-0.3, -0.25) is 0 Å². The lowest BCUT2D eigenvalue weighted by molar-refractivity contribution is 0.519. The molecule has 0 amide bonds. The van der Waals surface area contributed by atoms with Crippen LogP contribution in [0.2, 0.25) is 0 Å². The first-order chi connectivity index (χ1) is 7.58. The summed E-state index contributed by atoms with van der Waals surface area (Å²) in [4.78, 5) is 0. The summed E-state index contributed by atoms with van der Waals surface area (Å²) >= 11 is 3.53. The molecule has 0 unspecified atom stereocenters. The van der Waals surface area contributed by atoms with Crippen molar-refractivity contribution in [2.75, 3.05) is 17.6 Å². The first-order valence-electron chi connectivity index (χ1n) is 5.87. The Labute approximate surface area is 107 Å². The largest absolute Gasteiger partial charge is 0.398 e. The van der Waals surface area contributed by atoms with Crippen molar-refractivity contribution in [3.63, 3.8) is 0 Å². The molecule has 0 aliphatic carbocycles. The van der Waals surface area contributed by atoms with Crippen molar-refractivity contribution in [2.45, 2.75) is 33.6 Å². The number of hydrogen-bond acceptors (Lipinski definition) is 2. The smallest absolute Gasteiger partial charge is 0.0488 e. The average Bonchev–Trinajstić information content (AvgIpc) is 2.26. The molecule has 0 saturated carbocycles. The van der Waals surface area contributed by atoms with E-state index in [-0.39, 0.29) is 0 Å². The Balaban J connectivity index is 2.70. The van der Waals surface area contributed by atoms with E-state index in [0.717, 1.165) is 33.9 Å². The van der Waals surface area contributed by atoms with E-state index in [2.05, 4.69) is 41.2 Å². The number of anilines is 2. The Kier molecular flexibility index (Phi) is 5.13. The summed E-state index contributed by atoms with van der Waals surface area (Å²) < 4.78 is 1.04. The van der Waals surface area contributed by atoms with Crippen LogP contribution >= 0.6 is 15.9 Å². The predicted octanol–water partition coefficient (Wildman–Crippen LogP) is 4.19. The molecule has 0 aliphatic heterocycles. The second kappa shape index (κ2) is 6.14. The Morgan fingerprint density at radius 3 is 2.50 bits per heavy atom. The SMILES string of the molecule is CCC(CC)CNc1cc(C)c(N)cc1Br. The van der Waals surface area contributed by atoms with Gasteiger partial charge >= 0.3 is 0 Å². The van der Waals surface area contributed by atoms with Gasteiger partial charge in [0, 0.05) is 22.4 Å². The van der Waals surface area contributed by atoms with Gasteiger partial charge in [0.05, 0.1) is 0 Å². The molecule has 0 radical (unpaired) electrons. The quantitative estimate of drug-likeness (QED) is 0.796. The van der Waals surface area contributed by atoms with Gasteiger partial charge < -0.3 is 11.1 Å². The third-order valence-electron chi connectivity index (χ3n) is 3.09. The van der Waals surface area contributed by atoms with Gasteiger partial charge in [-0.1, -0.05) is 26.7 Å². The summed E-state index contributed by atoms with van der Waals surface area (Å²) in [5, 5.41) is 3.48. The van der Waals surface area contributed by atoms with E-state index in [0.29, 0.717) is 0 Å². The van der Waals surface area contributed by atoms with E-state index in [4.69, 9.17) is 5.73 Å². The van der Waals surface area contributed by atoms with Crippen LogP contribution in [0.25, 0.3) is 0 Å². The minimum atomic E-state index is 0.741. The highest BCUT2D eigenvalue weighted by atomic mass is 79.9. The number of benzene rings is 1. The lowest BCUT2D eigenvalue weighted by atomic mass is 10.0. The molecular formula is C13H21BrN2. The van der Waals surface area contributed by atoms with Crippen molar-refractivity contribution in [3.05, 3.63) is 22.2 Å². The zero-order valence-corrected chi connectivity index (χ0v) is 11.9. The molecule has 2 nitrogen and oxygen atoms in total. The van der Waals surface area contributed by atoms with E-state index < -0.39 is 0 Å². The minimum absolute atomic E-state index is 0.741. The van der Waals surface area contributed by atoms with Gasteiger partial charge in [0.2, 0.25) is 0 Å². The number of hydrogen-bond donors (Lipinski definition) is 2. The lowest BCUT2D eigenvalue weighted by Crippen LogP contribution is -2.13. The molecule has 0 atom stereocenters. The highest BCUT2D eigenvalue weighted by Crippen LogP contribution is 2.28. The van der Waals surface area contributed by atoms with Gasteiger partial charge in [-0.05, 0) is 46.5 Å². The van der Waals surface area contributed by atoms with Crippen LogP contribution in [0.1, 0.15) is 32.3 Å². The van der Waals surface area contributed by atoms with Crippen molar-refractivity contribution in [1.82, 2.24) is 0 Å². The number of rotatable bonds is 5. The van der Waals surface area contributed by atoms with Gasteiger partial charge in [0.1, 0.15) is 0 Å². The topological polar surface area (TPSA) is 38.0 Å². The Morgan fingerprint density at radius 2 is 1.94 bits per heavy atom. The van der Waals surface area contributed by atoms with Crippen LogP contribution in [0.5, 0.6) is 0 Å². The van der Waals surface area contributed by atoms with Gasteiger partial charge in [-0.25, -0.2) is 0 Å². The van der Waals surface area contributed by atoms with Crippen LogP contribution < -0.4 is 11.1 Å². The molecule has 3 N–H and O–H groups in total. The molecule has 0 aromatic heterocycles. The lowest BCUT2D eigenvalue weighted by Gasteiger charge is -2.16. The van der Waals surface area contributed by atoms with Crippen LogP contribution in [-0.2, 0) is 0 Å². The first kappa shape index (κ1) is 13.4. The molecule has 1 aromatic carbocycles. The maximum Gasteiger partial charge on any atom is 0.0488 e. The molecular weight excluding hydrogens is 264 g/mol. The summed E-state index contributed by atoms with van der Waals surface area (Å²) in [5.41, 5.74) is 8.93. The molecule has 0 aliphatic rings. The van der Waals surface area contributed by atoms with E-state index in [1.807, 2.05) is 13.0 Å². The summed E-state index contributed by atoms with van der Waals surface area (Å²) in [6, 6.07) is 4.06. The average molecular weight is 285 g/mol. The maximum atomic E-state index is 5.84. The number of nitrogen functional groups attached to an aromatic ring is 1. The van der Waals surface area contributed by atoms with Crippen molar-refractivity contribution < 1.29 is 0 Å². The summed E-state index contributed by atoms with van der Waals surface area (Å²) in [6.45, 7) is 7.53. The maximum absolute atomic E-state index is 5.84. The highest BCUT2D eigenvalue weighted by Gasteiger charge is 2.06. The second-order valence-corrected chi connectivity index (χ2v) is 5.11. The fourth-order valence-electron chi connectivity index (χ4n) is 1.66. The molecule has 3 heteroatoms. The van der Waals surface area contributed by atoms with Crippen molar-refractivity contribution >= 4 is 27.3 Å². The van der Waals surface area contributed by atoms with E-state index in [1.165, 1.54) is 12.8 Å². The van der Waals surface area contributed by atoms with E-state index >= 15 is 0 Å². The zero-order valence-electron chi connectivity index (χ0n) is 10.3. The van der Waals surface area contributed by atoms with Crippen molar-refractivity contribution in [1.29, 1.82) is 0 Å². The fourth-order valence-corrected chi connectivity index (χ4v) is 2.17. The standard InChI is InChI=1S/C13H21BrN2/c1-4-10(5-2)8-16-13-6-9(3)12(15)7-11(13)14/h6-7,10,16H,4-5,8,15H2,1-3H3. The van der Waals surface area contributed by atoms with Gasteiger partial charge in [0.25, 0.3) is 0 Å². The van der Waals surface area contributed by atoms with Gasteiger partial charge in [0.15, 0.2) is 0 Å². The van der Waals surface area contributed by atoms with Gasteiger partial charge in [-0.15, -0.1) is 0 Å². The second-order valence-electron chi connectivity index (χ2n) is 4.25. The van der Waals surface area contributed by atoms with Crippen molar-refractivity contribution in [2.24, 2.45) is 5.92 Å². The number of halogens is 1. The van der Waals surface area contributed by atoms with Crippen LogP contribution in [-0.4, -0.2) is 6.54 Å². The predicted molar refractivity (Wildman–Crippen MR) is 75.9 cm³/mol. The molecule has 0 fully saturated rings. The molecule has 0 bridgehead atoms. The van der Waals surface area contributed by atoms with E-state index in [1.54, 1.807) is 0 Å². The first-order valence-corrected chi connectivity index (χ1v) is 6.67. The van der Waals surface area contributed by atoms with Crippen molar-refractivity contribution in [3.8, 4) is 0 Å². The zero-order chi connectivity index (χ0) is 12.1. The normalized spacial score (nSPS) is 10.8.